The van der Waals surface area contributed by atoms with Crippen molar-refractivity contribution in [3.05, 3.63) is 11.6 Å². The fraction of sp³-hybridized carbons (Fsp3) is 0.867. The monoisotopic (exact) mass is 242 g/mol. The molecule has 0 radical (unpaired) electrons. The van der Waals surface area contributed by atoms with Gasteiger partial charge in [0.05, 0.1) is 5.38 Å². The summed E-state index contributed by atoms with van der Waals surface area (Å²) in [5.41, 5.74) is 1.64. The van der Waals surface area contributed by atoms with Crippen LogP contribution in [-0.4, -0.2) is 5.38 Å². The minimum absolute atomic E-state index is 0.307. The lowest BCUT2D eigenvalue weighted by Crippen LogP contribution is -2.02. The van der Waals surface area contributed by atoms with Crippen molar-refractivity contribution in [3.63, 3.8) is 0 Å². The van der Waals surface area contributed by atoms with E-state index in [2.05, 4.69) is 19.9 Å². The molecule has 0 amide bonds. The molecule has 0 bridgehead atoms. The first-order chi connectivity index (χ1) is 7.76. The van der Waals surface area contributed by atoms with E-state index in [0.29, 0.717) is 5.38 Å². The minimum Gasteiger partial charge on any atom is -0.118 e. The van der Waals surface area contributed by atoms with Gasteiger partial charge in [-0.05, 0) is 31.6 Å². The van der Waals surface area contributed by atoms with Gasteiger partial charge in [-0.2, -0.15) is 0 Å². The number of rotatable bonds is 6. The van der Waals surface area contributed by atoms with Gasteiger partial charge in [-0.25, -0.2) is 0 Å². The first-order valence-corrected chi connectivity index (χ1v) is 7.53. The smallest absolute Gasteiger partial charge is 0.0518 e. The van der Waals surface area contributed by atoms with Crippen molar-refractivity contribution in [2.75, 3.05) is 0 Å². The molecule has 1 heteroatoms. The van der Waals surface area contributed by atoms with Crippen LogP contribution >= 0.6 is 11.6 Å². The molecule has 2 unspecified atom stereocenters. The molecule has 0 aromatic heterocycles. The van der Waals surface area contributed by atoms with Crippen LogP contribution in [0.1, 0.15) is 71.6 Å². The summed E-state index contributed by atoms with van der Waals surface area (Å²) in [6, 6.07) is 0. The third kappa shape index (κ3) is 5.39. The van der Waals surface area contributed by atoms with E-state index in [-0.39, 0.29) is 0 Å². The second kappa shape index (κ2) is 8.17. The van der Waals surface area contributed by atoms with E-state index in [4.69, 9.17) is 11.6 Å². The molecule has 1 aliphatic rings. The van der Waals surface area contributed by atoms with Gasteiger partial charge >= 0.3 is 0 Å². The summed E-state index contributed by atoms with van der Waals surface area (Å²) >= 11 is 6.27. The Hall–Kier alpha value is 0.0300. The lowest BCUT2D eigenvalue weighted by Gasteiger charge is -2.16. The first-order valence-electron chi connectivity index (χ1n) is 7.09. The van der Waals surface area contributed by atoms with Gasteiger partial charge in [0.1, 0.15) is 0 Å². The topological polar surface area (TPSA) is 0 Å². The molecule has 0 spiro atoms. The third-order valence-electron chi connectivity index (χ3n) is 3.74. The highest BCUT2D eigenvalue weighted by Crippen LogP contribution is 2.28. The van der Waals surface area contributed by atoms with Crippen molar-refractivity contribution in [1.29, 1.82) is 0 Å². The molecule has 0 saturated heterocycles. The second-order valence-corrected chi connectivity index (χ2v) is 5.77. The third-order valence-corrected chi connectivity index (χ3v) is 4.08. The Morgan fingerprint density at radius 1 is 1.38 bits per heavy atom. The maximum Gasteiger partial charge on any atom is 0.0518 e. The van der Waals surface area contributed by atoms with Crippen LogP contribution in [0.3, 0.4) is 0 Å². The molecular weight excluding hydrogens is 216 g/mol. The predicted octanol–water partition coefficient (Wildman–Crippen LogP) is 5.70. The molecule has 94 valence electrons. The Morgan fingerprint density at radius 2 is 2.19 bits per heavy atom. The summed E-state index contributed by atoms with van der Waals surface area (Å²) in [7, 11) is 0. The van der Waals surface area contributed by atoms with Crippen LogP contribution < -0.4 is 0 Å². The van der Waals surface area contributed by atoms with Crippen molar-refractivity contribution in [3.8, 4) is 0 Å². The molecule has 1 aliphatic carbocycles. The molecule has 1 rings (SSSR count). The van der Waals surface area contributed by atoms with Crippen molar-refractivity contribution in [2.45, 2.75) is 77.0 Å². The average Bonchev–Trinajstić information content (AvgIpc) is 2.48. The maximum atomic E-state index is 6.27. The minimum atomic E-state index is 0.307. The normalized spacial score (nSPS) is 23.7. The van der Waals surface area contributed by atoms with Crippen molar-refractivity contribution < 1.29 is 0 Å². The Balaban J connectivity index is 2.42. The van der Waals surface area contributed by atoms with Gasteiger partial charge in [-0.15, -0.1) is 11.6 Å². The van der Waals surface area contributed by atoms with E-state index in [9.17, 15) is 0 Å². The zero-order valence-corrected chi connectivity index (χ0v) is 11.7. The van der Waals surface area contributed by atoms with Gasteiger partial charge in [-0.1, -0.05) is 57.6 Å². The fourth-order valence-electron chi connectivity index (χ4n) is 2.60. The lowest BCUT2D eigenvalue weighted by molar-refractivity contribution is 0.442. The average molecular weight is 243 g/mol. The number of hydrogen-bond acceptors (Lipinski definition) is 0. The van der Waals surface area contributed by atoms with Crippen LogP contribution in [0.4, 0.5) is 0 Å². The van der Waals surface area contributed by atoms with Gasteiger partial charge < -0.3 is 0 Å². The highest BCUT2D eigenvalue weighted by molar-refractivity contribution is 6.21. The number of hydrogen-bond donors (Lipinski definition) is 0. The molecule has 0 aromatic carbocycles. The molecule has 0 saturated carbocycles. The summed E-state index contributed by atoms with van der Waals surface area (Å²) in [5, 5.41) is 0.307. The highest BCUT2D eigenvalue weighted by Gasteiger charge is 2.13. The van der Waals surface area contributed by atoms with E-state index in [1.807, 2.05) is 0 Å². The molecule has 0 fully saturated rings. The molecule has 2 atom stereocenters. The quantitative estimate of drug-likeness (QED) is 0.414. The summed E-state index contributed by atoms with van der Waals surface area (Å²) in [5.74, 6) is 0.896. The van der Waals surface area contributed by atoms with E-state index >= 15 is 0 Å². The first kappa shape index (κ1) is 14.1. The molecule has 16 heavy (non-hydrogen) atoms. The highest BCUT2D eigenvalue weighted by atomic mass is 35.5. The Bertz CT molecular complexity index is 207. The van der Waals surface area contributed by atoms with Crippen LogP contribution in [0.15, 0.2) is 11.6 Å². The zero-order chi connectivity index (χ0) is 11.8. The Morgan fingerprint density at radius 3 is 2.88 bits per heavy atom. The van der Waals surface area contributed by atoms with Crippen LogP contribution in [0.2, 0.25) is 0 Å². The summed E-state index contributed by atoms with van der Waals surface area (Å²) in [6.07, 6.45) is 14.2. The van der Waals surface area contributed by atoms with Crippen molar-refractivity contribution >= 4 is 11.6 Å². The number of unbranched alkanes of at least 4 members (excludes halogenated alkanes) is 1. The SMILES string of the molecule is CCCCC(CC)CC1=CC(Cl)CCCC1. The van der Waals surface area contributed by atoms with Gasteiger partial charge in [0, 0.05) is 0 Å². The summed E-state index contributed by atoms with van der Waals surface area (Å²) in [6.45, 7) is 4.61. The number of alkyl halides is 1. The molecule has 0 heterocycles. The van der Waals surface area contributed by atoms with Crippen molar-refractivity contribution in [1.82, 2.24) is 0 Å². The van der Waals surface area contributed by atoms with E-state index in [1.165, 1.54) is 57.8 Å². The number of allylic oxidation sites excluding steroid dienone is 2. The van der Waals surface area contributed by atoms with Crippen LogP contribution in [0, 0.1) is 5.92 Å². The summed E-state index contributed by atoms with van der Waals surface area (Å²) in [4.78, 5) is 0. The van der Waals surface area contributed by atoms with Crippen LogP contribution in [-0.2, 0) is 0 Å². The number of halogens is 1. The van der Waals surface area contributed by atoms with Gasteiger partial charge in [0.2, 0.25) is 0 Å². The van der Waals surface area contributed by atoms with E-state index in [0.717, 1.165) is 5.92 Å². The van der Waals surface area contributed by atoms with Gasteiger partial charge in [0.25, 0.3) is 0 Å². The predicted molar refractivity (Wildman–Crippen MR) is 74.1 cm³/mol. The molecule has 0 aliphatic heterocycles. The van der Waals surface area contributed by atoms with Crippen LogP contribution in [0.25, 0.3) is 0 Å². The molecular formula is C15H27Cl. The molecule has 0 nitrogen and oxygen atoms in total. The fourth-order valence-corrected chi connectivity index (χ4v) is 2.93. The summed E-state index contributed by atoms with van der Waals surface area (Å²) < 4.78 is 0. The van der Waals surface area contributed by atoms with Gasteiger partial charge in [0.15, 0.2) is 0 Å². The standard InChI is InChI=1S/C15H27Cl/c1-3-5-8-13(4-2)11-14-9-6-7-10-15(16)12-14/h12-13,15H,3-11H2,1-2H3. The van der Waals surface area contributed by atoms with Gasteiger partial charge in [-0.3, -0.25) is 0 Å². The zero-order valence-electron chi connectivity index (χ0n) is 11.0. The second-order valence-electron chi connectivity index (χ2n) is 5.21. The Kier molecular flexibility index (Phi) is 7.20. The van der Waals surface area contributed by atoms with Crippen molar-refractivity contribution in [2.24, 2.45) is 5.92 Å². The van der Waals surface area contributed by atoms with E-state index < -0.39 is 0 Å². The Labute approximate surface area is 106 Å². The van der Waals surface area contributed by atoms with E-state index in [1.54, 1.807) is 5.57 Å². The maximum absolute atomic E-state index is 6.27. The van der Waals surface area contributed by atoms with Crippen LogP contribution in [0.5, 0.6) is 0 Å². The molecule has 0 N–H and O–H groups in total. The molecule has 0 aromatic rings. The largest absolute Gasteiger partial charge is 0.118 e. The lowest BCUT2D eigenvalue weighted by atomic mass is 9.90.